The Balaban J connectivity index is 1.66. The minimum absolute atomic E-state index is 0.0777. The molecule has 1 heterocycles. The molecule has 0 spiro atoms. The average molecular weight is 591 g/mol. The maximum absolute atomic E-state index is 13.4. The molecule has 0 aliphatic carbocycles. The normalized spacial score (nSPS) is 19.9. The molecule has 0 aromatic heterocycles. The first-order chi connectivity index (χ1) is 20.5. The number of nitrogens with one attached hydrogen (secondary N) is 1. The molecule has 1 aliphatic heterocycles. The highest BCUT2D eigenvalue weighted by Gasteiger charge is 2.48. The molecule has 2 amide bonds. The maximum atomic E-state index is 13.4. The highest BCUT2D eigenvalue weighted by atomic mass is 16.7. The van der Waals surface area contributed by atoms with Crippen molar-refractivity contribution in [1.82, 2.24) is 10.4 Å². The van der Waals surface area contributed by atoms with Crippen LogP contribution in [0.5, 0.6) is 5.75 Å². The van der Waals surface area contributed by atoms with Gasteiger partial charge in [0.05, 0.1) is 26.4 Å². The van der Waals surface area contributed by atoms with Gasteiger partial charge in [0.1, 0.15) is 17.9 Å². The number of ether oxygens (including phenoxy) is 1. The number of rotatable bonds is 12. The van der Waals surface area contributed by atoms with Crippen LogP contribution in [0.1, 0.15) is 35.3 Å². The molecule has 230 valence electrons. The van der Waals surface area contributed by atoms with Gasteiger partial charge in [-0.2, -0.15) is 5.06 Å². The van der Waals surface area contributed by atoms with E-state index in [2.05, 4.69) is 5.32 Å². The quantitative estimate of drug-likeness (QED) is 0.253. The van der Waals surface area contributed by atoms with Crippen LogP contribution in [-0.4, -0.2) is 79.2 Å². The number of carbonyl (C=O) groups is 2. The lowest BCUT2D eigenvalue weighted by Gasteiger charge is -2.25. The van der Waals surface area contributed by atoms with Crippen molar-refractivity contribution in [2.24, 2.45) is 11.7 Å². The van der Waals surface area contributed by atoms with E-state index in [4.69, 9.17) is 15.3 Å². The summed E-state index contributed by atoms with van der Waals surface area (Å²) in [5, 5.41) is 24.7. The van der Waals surface area contributed by atoms with E-state index in [9.17, 15) is 19.8 Å². The first-order valence-corrected chi connectivity index (χ1v) is 14.4. The molecule has 1 fully saturated rings. The lowest BCUT2D eigenvalue weighted by atomic mass is 9.89. The first-order valence-electron chi connectivity index (χ1n) is 14.4. The van der Waals surface area contributed by atoms with Gasteiger partial charge in [-0.1, -0.05) is 48.5 Å². The number of primary amides is 1. The monoisotopic (exact) mass is 590 g/mol. The van der Waals surface area contributed by atoms with Crippen LogP contribution in [0.25, 0.3) is 11.1 Å². The second-order valence-electron chi connectivity index (χ2n) is 11.3. The van der Waals surface area contributed by atoms with E-state index in [1.54, 1.807) is 14.0 Å². The number of amides is 2. The van der Waals surface area contributed by atoms with E-state index in [0.29, 0.717) is 23.3 Å². The van der Waals surface area contributed by atoms with Crippen molar-refractivity contribution >= 4 is 17.5 Å². The number of hydroxylamine groups is 2. The minimum atomic E-state index is -0.948. The zero-order chi connectivity index (χ0) is 31.3. The number of anilines is 1. The van der Waals surface area contributed by atoms with Crippen molar-refractivity contribution in [3.63, 3.8) is 0 Å². The third-order valence-corrected chi connectivity index (χ3v) is 7.80. The minimum Gasteiger partial charge on any atom is -0.496 e. The van der Waals surface area contributed by atoms with Crippen molar-refractivity contribution in [1.29, 1.82) is 0 Å². The van der Waals surface area contributed by atoms with Crippen molar-refractivity contribution < 1.29 is 29.4 Å². The molecule has 3 aromatic rings. The molecule has 43 heavy (non-hydrogen) atoms. The molecule has 0 radical (unpaired) electrons. The number of para-hydroxylation sites is 1. The molecule has 5 atom stereocenters. The van der Waals surface area contributed by atoms with Gasteiger partial charge in [0.15, 0.2) is 0 Å². The molecule has 0 saturated carbocycles. The Morgan fingerprint density at radius 3 is 2.42 bits per heavy atom. The fourth-order valence-corrected chi connectivity index (χ4v) is 5.73. The number of benzene rings is 3. The zero-order valence-corrected chi connectivity index (χ0v) is 25.4. The van der Waals surface area contributed by atoms with E-state index in [1.165, 1.54) is 5.06 Å². The third-order valence-electron chi connectivity index (χ3n) is 7.80. The second kappa shape index (κ2) is 14.0. The summed E-state index contributed by atoms with van der Waals surface area (Å²) in [6.45, 7) is 3.27. The van der Waals surface area contributed by atoms with Gasteiger partial charge in [0.2, 0.25) is 5.91 Å². The Kier molecular flexibility index (Phi) is 10.4. The van der Waals surface area contributed by atoms with Crippen molar-refractivity contribution in [2.45, 2.75) is 51.1 Å². The molecule has 10 nitrogen and oxygen atoms in total. The number of carbonyl (C=O) groups excluding carboxylic acids is 2. The van der Waals surface area contributed by atoms with E-state index in [-0.39, 0.29) is 25.1 Å². The highest BCUT2D eigenvalue weighted by molar-refractivity contribution is 5.97. The first kappa shape index (κ1) is 32.0. The third kappa shape index (κ3) is 7.34. The predicted octanol–water partition coefficient (Wildman–Crippen LogP) is 2.75. The summed E-state index contributed by atoms with van der Waals surface area (Å²) in [6.07, 6.45) is -1.00. The Bertz CT molecular complexity index is 1410. The fourth-order valence-electron chi connectivity index (χ4n) is 5.73. The van der Waals surface area contributed by atoms with Gasteiger partial charge in [0.25, 0.3) is 5.91 Å². The van der Waals surface area contributed by atoms with E-state index in [0.717, 1.165) is 22.4 Å². The molecule has 0 unspecified atom stereocenters. The van der Waals surface area contributed by atoms with Gasteiger partial charge in [-0.3, -0.25) is 14.4 Å². The standard InChI is InChI=1S/C33H42N4O6/c1-20(14-22-10-7-6-8-11-22)35-33(41)25-15-24(16-26(17-25)36(3)4)27-13-9-12-23(31(27)42-5)18-37-30(32(34)40)29(21(2)39)28(19-38)43-37/h6-13,15-17,20-21,28-30,38-39H,14,18-19H2,1-5H3,(H2,34,40)(H,35,41)/t20-,21-,28-,29-,30-/m0/s1. The van der Waals surface area contributed by atoms with Gasteiger partial charge in [0, 0.05) is 48.4 Å². The van der Waals surface area contributed by atoms with Gasteiger partial charge >= 0.3 is 0 Å². The summed E-state index contributed by atoms with van der Waals surface area (Å²) in [5.74, 6) is -1.00. The molecule has 1 saturated heterocycles. The van der Waals surface area contributed by atoms with Crippen LogP contribution in [0.2, 0.25) is 0 Å². The summed E-state index contributed by atoms with van der Waals surface area (Å²) >= 11 is 0. The fraction of sp³-hybridized carbons (Fsp3) is 0.394. The SMILES string of the molecule is COc1c(CN2O[C@@H](CO)[C@H]([C@H](C)O)[C@H]2C(N)=O)cccc1-c1cc(C(=O)N[C@@H](C)Cc2ccccc2)cc(N(C)C)c1. The molecule has 3 aromatic carbocycles. The summed E-state index contributed by atoms with van der Waals surface area (Å²) in [5.41, 5.74) is 10.4. The smallest absolute Gasteiger partial charge is 0.251 e. The number of hydrogen-bond donors (Lipinski definition) is 4. The van der Waals surface area contributed by atoms with Crippen molar-refractivity contribution in [2.75, 3.05) is 32.7 Å². The zero-order valence-electron chi connectivity index (χ0n) is 25.4. The van der Waals surface area contributed by atoms with Crippen LogP contribution >= 0.6 is 0 Å². The maximum Gasteiger partial charge on any atom is 0.251 e. The number of nitrogens with zero attached hydrogens (tertiary/aromatic N) is 2. The largest absolute Gasteiger partial charge is 0.496 e. The lowest BCUT2D eigenvalue weighted by Crippen LogP contribution is -2.47. The number of nitrogens with two attached hydrogens (primary N) is 1. The molecular formula is C33H42N4O6. The molecule has 5 N–H and O–H groups in total. The van der Waals surface area contributed by atoms with Crippen LogP contribution in [0, 0.1) is 5.92 Å². The summed E-state index contributed by atoms with van der Waals surface area (Å²) in [7, 11) is 5.39. The second-order valence-corrected chi connectivity index (χ2v) is 11.3. The lowest BCUT2D eigenvalue weighted by molar-refractivity contribution is -0.181. The Labute approximate surface area is 253 Å². The van der Waals surface area contributed by atoms with Crippen molar-refractivity contribution in [3.05, 3.63) is 83.4 Å². The number of aliphatic hydroxyl groups is 2. The van der Waals surface area contributed by atoms with E-state index >= 15 is 0 Å². The van der Waals surface area contributed by atoms with Crippen LogP contribution in [0.3, 0.4) is 0 Å². The van der Waals surface area contributed by atoms with E-state index in [1.807, 2.05) is 92.6 Å². The number of hydrogen-bond acceptors (Lipinski definition) is 8. The highest BCUT2D eigenvalue weighted by Crippen LogP contribution is 2.38. The van der Waals surface area contributed by atoms with Gasteiger partial charge in [-0.25, -0.2) is 0 Å². The van der Waals surface area contributed by atoms with Crippen molar-refractivity contribution in [3.8, 4) is 16.9 Å². The Hall–Kier alpha value is -3.96. The van der Waals surface area contributed by atoms with Crippen LogP contribution in [0.4, 0.5) is 5.69 Å². The average Bonchev–Trinajstić information content (AvgIpc) is 3.36. The number of methoxy groups -OCH3 is 1. The summed E-state index contributed by atoms with van der Waals surface area (Å²) in [6, 6.07) is 20.3. The summed E-state index contributed by atoms with van der Waals surface area (Å²) in [4.78, 5) is 33.7. The number of aliphatic hydroxyl groups excluding tert-OH is 2. The van der Waals surface area contributed by atoms with Gasteiger partial charge in [-0.15, -0.1) is 0 Å². The molecule has 10 heteroatoms. The van der Waals surface area contributed by atoms with Gasteiger partial charge in [-0.05, 0) is 49.6 Å². The molecular weight excluding hydrogens is 548 g/mol. The molecule has 0 bridgehead atoms. The topological polar surface area (TPSA) is 138 Å². The van der Waals surface area contributed by atoms with Crippen LogP contribution in [0.15, 0.2) is 66.7 Å². The Morgan fingerprint density at radius 1 is 1.09 bits per heavy atom. The van der Waals surface area contributed by atoms with Crippen LogP contribution < -0.4 is 20.7 Å². The van der Waals surface area contributed by atoms with E-state index < -0.39 is 30.1 Å². The molecule has 4 rings (SSSR count). The Morgan fingerprint density at radius 2 is 1.81 bits per heavy atom. The molecule has 1 aliphatic rings. The predicted molar refractivity (Wildman–Crippen MR) is 165 cm³/mol. The van der Waals surface area contributed by atoms with Gasteiger partial charge < -0.3 is 30.9 Å². The van der Waals surface area contributed by atoms with Crippen LogP contribution in [-0.2, 0) is 22.6 Å². The summed E-state index contributed by atoms with van der Waals surface area (Å²) < 4.78 is 5.88.